The van der Waals surface area contributed by atoms with E-state index in [2.05, 4.69) is 16.1 Å². The Labute approximate surface area is 157 Å². The van der Waals surface area contributed by atoms with Gasteiger partial charge in [-0.2, -0.15) is 5.10 Å². The van der Waals surface area contributed by atoms with Crippen LogP contribution >= 0.6 is 11.8 Å². The lowest BCUT2D eigenvalue weighted by Gasteiger charge is -2.35. The maximum Gasteiger partial charge on any atom is 0.233 e. The molecule has 0 N–H and O–H groups in total. The van der Waals surface area contributed by atoms with E-state index in [1.807, 2.05) is 16.6 Å². The molecule has 1 amide bonds. The number of aromatic nitrogens is 2. The van der Waals surface area contributed by atoms with Crippen LogP contribution in [0.15, 0.2) is 35.2 Å². The number of benzene rings is 1. The largest absolute Gasteiger partial charge is 0.353 e. The minimum atomic E-state index is -0.253. The van der Waals surface area contributed by atoms with Crippen LogP contribution in [0.25, 0.3) is 0 Å². The number of hydrogen-bond acceptors (Lipinski definition) is 4. The van der Waals surface area contributed by atoms with E-state index in [4.69, 9.17) is 0 Å². The molecule has 4 rings (SSSR count). The first-order chi connectivity index (χ1) is 12.6. The van der Waals surface area contributed by atoms with E-state index >= 15 is 0 Å². The summed E-state index contributed by atoms with van der Waals surface area (Å²) in [7, 11) is 2.00. The van der Waals surface area contributed by atoms with Crippen LogP contribution in [0.5, 0.6) is 0 Å². The first kappa shape index (κ1) is 17.4. The monoisotopic (exact) mass is 374 g/mol. The average Bonchev–Trinajstić information content (AvgIpc) is 3.43. The first-order valence-electron chi connectivity index (χ1n) is 9.05. The van der Waals surface area contributed by atoms with Crippen molar-refractivity contribution in [3.63, 3.8) is 0 Å². The minimum Gasteiger partial charge on any atom is -0.353 e. The van der Waals surface area contributed by atoms with Crippen LogP contribution in [0, 0.1) is 5.82 Å². The molecule has 0 bridgehead atoms. The third-order valence-electron chi connectivity index (χ3n) is 5.00. The number of anilines is 1. The van der Waals surface area contributed by atoms with Crippen LogP contribution in [0.1, 0.15) is 24.5 Å². The molecule has 0 atom stereocenters. The van der Waals surface area contributed by atoms with Gasteiger partial charge in [0.1, 0.15) is 11.6 Å². The summed E-state index contributed by atoms with van der Waals surface area (Å²) in [6.07, 6.45) is 2.51. The third-order valence-corrected chi connectivity index (χ3v) is 6.00. The fourth-order valence-electron chi connectivity index (χ4n) is 3.31. The number of aryl methyl sites for hydroxylation is 1. The highest BCUT2D eigenvalue weighted by Crippen LogP contribution is 2.40. The van der Waals surface area contributed by atoms with E-state index in [9.17, 15) is 9.18 Å². The Bertz CT molecular complexity index is 779. The van der Waals surface area contributed by atoms with Gasteiger partial charge in [0.25, 0.3) is 0 Å². The van der Waals surface area contributed by atoms with Crippen molar-refractivity contribution >= 4 is 23.5 Å². The van der Waals surface area contributed by atoms with Gasteiger partial charge >= 0.3 is 0 Å². The highest BCUT2D eigenvalue weighted by molar-refractivity contribution is 8.00. The number of amides is 1. The van der Waals surface area contributed by atoms with E-state index in [-0.39, 0.29) is 11.7 Å². The Hall–Kier alpha value is -2.02. The molecule has 26 heavy (non-hydrogen) atoms. The Balaban J connectivity index is 1.28. The molecule has 1 saturated heterocycles. The number of carbonyl (C=O) groups is 1. The molecule has 2 aromatic rings. The Morgan fingerprint density at radius 3 is 2.54 bits per heavy atom. The second-order valence-corrected chi connectivity index (χ2v) is 7.98. The summed E-state index contributed by atoms with van der Waals surface area (Å²) in [5.74, 6) is 2.09. The van der Waals surface area contributed by atoms with Gasteiger partial charge < -0.3 is 9.80 Å². The fourth-order valence-corrected chi connectivity index (χ4v) is 4.11. The van der Waals surface area contributed by atoms with Gasteiger partial charge in [-0.25, -0.2) is 4.39 Å². The van der Waals surface area contributed by atoms with Crippen molar-refractivity contribution in [1.82, 2.24) is 14.7 Å². The van der Waals surface area contributed by atoms with Gasteiger partial charge in [-0.3, -0.25) is 9.48 Å². The maximum atomic E-state index is 12.9. The summed E-state index contributed by atoms with van der Waals surface area (Å²) in [5.41, 5.74) is 1.21. The summed E-state index contributed by atoms with van der Waals surface area (Å²) < 4.78 is 14.9. The van der Waals surface area contributed by atoms with E-state index in [0.717, 1.165) is 36.9 Å². The van der Waals surface area contributed by atoms with Gasteiger partial charge in [-0.1, -0.05) is 0 Å². The van der Waals surface area contributed by atoms with E-state index in [1.165, 1.54) is 42.4 Å². The second-order valence-electron chi connectivity index (χ2n) is 6.94. The molecule has 2 fully saturated rings. The number of piperazine rings is 1. The molecule has 1 aliphatic heterocycles. The summed E-state index contributed by atoms with van der Waals surface area (Å²) in [6, 6.07) is 8.49. The Kier molecular flexibility index (Phi) is 4.89. The van der Waals surface area contributed by atoms with Crippen molar-refractivity contribution in [2.75, 3.05) is 36.8 Å². The zero-order chi connectivity index (χ0) is 18.1. The van der Waals surface area contributed by atoms with E-state index in [1.54, 1.807) is 12.1 Å². The number of hydrogen-bond donors (Lipinski definition) is 0. The van der Waals surface area contributed by atoms with Crippen molar-refractivity contribution in [3.8, 4) is 0 Å². The highest BCUT2D eigenvalue weighted by Gasteiger charge is 2.29. The van der Waals surface area contributed by atoms with Gasteiger partial charge in [0, 0.05) is 50.1 Å². The van der Waals surface area contributed by atoms with Crippen molar-refractivity contribution in [3.05, 3.63) is 41.8 Å². The van der Waals surface area contributed by atoms with Gasteiger partial charge in [0.2, 0.25) is 5.91 Å². The molecule has 2 heterocycles. The molecule has 1 saturated carbocycles. The first-order valence-corrected chi connectivity index (χ1v) is 10.0. The highest BCUT2D eigenvalue weighted by atomic mass is 32.2. The zero-order valence-electron chi connectivity index (χ0n) is 14.9. The number of carbonyl (C=O) groups excluding carboxylic acids is 1. The van der Waals surface area contributed by atoms with Crippen molar-refractivity contribution in [2.45, 2.75) is 23.7 Å². The number of nitrogens with zero attached hydrogens (tertiary/aromatic N) is 4. The lowest BCUT2D eigenvalue weighted by molar-refractivity contribution is -0.128. The lowest BCUT2D eigenvalue weighted by Crippen LogP contribution is -2.49. The molecule has 2 aliphatic rings. The predicted molar refractivity (Wildman–Crippen MR) is 101 cm³/mol. The Morgan fingerprint density at radius 1 is 1.19 bits per heavy atom. The van der Waals surface area contributed by atoms with E-state index < -0.39 is 0 Å². The molecular weight excluding hydrogens is 351 g/mol. The molecule has 5 nitrogen and oxygen atoms in total. The minimum absolute atomic E-state index is 0.141. The summed E-state index contributed by atoms with van der Waals surface area (Å²) >= 11 is 1.46. The summed E-state index contributed by atoms with van der Waals surface area (Å²) in [4.78, 5) is 17.6. The topological polar surface area (TPSA) is 41.4 Å². The normalized spacial score (nSPS) is 17.6. The lowest BCUT2D eigenvalue weighted by atomic mass is 10.2. The van der Waals surface area contributed by atoms with Gasteiger partial charge in [-0.05, 0) is 37.1 Å². The van der Waals surface area contributed by atoms with Gasteiger partial charge in [-0.15, -0.1) is 11.8 Å². The molecule has 1 aromatic carbocycles. The number of thioether (sulfide) groups is 1. The van der Waals surface area contributed by atoms with Crippen molar-refractivity contribution in [2.24, 2.45) is 7.05 Å². The van der Waals surface area contributed by atoms with Crippen molar-refractivity contribution < 1.29 is 9.18 Å². The smallest absolute Gasteiger partial charge is 0.233 e. The zero-order valence-corrected chi connectivity index (χ0v) is 15.7. The molecule has 7 heteroatoms. The standard InChI is InChI=1S/C19H23FN4OS/c1-22-18(12-17(21-22)14-2-3-14)23-8-10-24(11-9-23)19(25)13-26-16-6-4-15(20)5-7-16/h4-7,12,14H,2-3,8-11,13H2,1H3. The third kappa shape index (κ3) is 3.87. The van der Waals surface area contributed by atoms with Crippen LogP contribution in [0.3, 0.4) is 0 Å². The SMILES string of the molecule is Cn1nc(C2CC2)cc1N1CCN(C(=O)CSc2ccc(F)cc2)CC1. The maximum absolute atomic E-state index is 12.9. The summed E-state index contributed by atoms with van der Waals surface area (Å²) in [5, 5.41) is 4.64. The molecule has 138 valence electrons. The van der Waals surface area contributed by atoms with Crippen LogP contribution < -0.4 is 4.90 Å². The van der Waals surface area contributed by atoms with Gasteiger partial charge in [0.15, 0.2) is 0 Å². The van der Waals surface area contributed by atoms with Crippen LogP contribution in [-0.2, 0) is 11.8 Å². The van der Waals surface area contributed by atoms with Crippen molar-refractivity contribution in [1.29, 1.82) is 0 Å². The fraction of sp³-hybridized carbons (Fsp3) is 0.474. The molecule has 0 spiro atoms. The average molecular weight is 374 g/mol. The van der Waals surface area contributed by atoms with Crippen LogP contribution in [-0.4, -0.2) is 52.5 Å². The number of rotatable bonds is 5. The van der Waals surface area contributed by atoms with Crippen LogP contribution in [0.2, 0.25) is 0 Å². The molecule has 0 unspecified atom stereocenters. The number of halogens is 1. The van der Waals surface area contributed by atoms with E-state index in [0.29, 0.717) is 11.7 Å². The second kappa shape index (κ2) is 7.31. The molecule has 1 aromatic heterocycles. The Morgan fingerprint density at radius 2 is 1.88 bits per heavy atom. The molecule has 1 aliphatic carbocycles. The van der Waals surface area contributed by atoms with Crippen LogP contribution in [0.4, 0.5) is 10.2 Å². The summed E-state index contributed by atoms with van der Waals surface area (Å²) in [6.45, 7) is 3.12. The molecule has 0 radical (unpaired) electrons. The predicted octanol–water partition coefficient (Wildman–Crippen LogP) is 2.88. The van der Waals surface area contributed by atoms with Gasteiger partial charge in [0.05, 0.1) is 11.4 Å². The quantitative estimate of drug-likeness (QED) is 0.755. The molecular formula is C19H23FN4OS.